The Bertz CT molecular complexity index is 819. The Kier molecular flexibility index (Phi) is 6.04. The molecule has 1 atom stereocenters. The Morgan fingerprint density at radius 1 is 1.26 bits per heavy atom. The molecule has 3 N–H and O–H groups in total. The van der Waals surface area contributed by atoms with Gasteiger partial charge in [-0.1, -0.05) is 13.3 Å². The SMILES string of the molecule is CCC[C@H](C)Oc1nc(N)c2[nH]c(=O)n(CC3CCN(C(C)C)CC3)c2n1. The van der Waals surface area contributed by atoms with Crippen molar-refractivity contribution in [1.29, 1.82) is 0 Å². The fraction of sp³-hybridized carbons (Fsp3) is 0.737. The maximum atomic E-state index is 12.5. The van der Waals surface area contributed by atoms with Crippen LogP contribution in [0.25, 0.3) is 11.2 Å². The first-order chi connectivity index (χ1) is 12.9. The van der Waals surface area contributed by atoms with Crippen molar-refractivity contribution in [2.45, 2.75) is 72.1 Å². The minimum Gasteiger partial charge on any atom is -0.460 e. The minimum atomic E-state index is -0.184. The number of rotatable bonds is 7. The van der Waals surface area contributed by atoms with E-state index >= 15 is 0 Å². The molecule has 8 nitrogen and oxygen atoms in total. The molecule has 3 heterocycles. The highest BCUT2D eigenvalue weighted by Crippen LogP contribution is 2.23. The first-order valence-corrected chi connectivity index (χ1v) is 10.1. The van der Waals surface area contributed by atoms with Crippen LogP contribution in [0.5, 0.6) is 6.01 Å². The van der Waals surface area contributed by atoms with E-state index in [9.17, 15) is 4.79 Å². The highest BCUT2D eigenvalue weighted by atomic mass is 16.5. The number of piperidine rings is 1. The van der Waals surface area contributed by atoms with Crippen LogP contribution in [0.15, 0.2) is 4.79 Å². The molecule has 1 aliphatic rings. The Hall–Kier alpha value is -2.09. The second-order valence-electron chi connectivity index (χ2n) is 7.92. The van der Waals surface area contributed by atoms with Gasteiger partial charge in [-0.05, 0) is 59.0 Å². The molecule has 1 aliphatic heterocycles. The van der Waals surface area contributed by atoms with Crippen LogP contribution in [0.3, 0.4) is 0 Å². The van der Waals surface area contributed by atoms with Gasteiger partial charge in [0.05, 0.1) is 6.10 Å². The van der Waals surface area contributed by atoms with Crippen molar-refractivity contribution in [2.75, 3.05) is 18.8 Å². The fourth-order valence-corrected chi connectivity index (χ4v) is 3.81. The number of aromatic nitrogens is 4. The van der Waals surface area contributed by atoms with Crippen LogP contribution in [-0.4, -0.2) is 49.7 Å². The normalized spacial score (nSPS) is 17.7. The van der Waals surface area contributed by atoms with E-state index in [2.05, 4.69) is 40.6 Å². The van der Waals surface area contributed by atoms with Crippen LogP contribution in [-0.2, 0) is 6.54 Å². The summed E-state index contributed by atoms with van der Waals surface area (Å²) in [6.45, 7) is 11.3. The Balaban J connectivity index is 1.81. The molecule has 150 valence electrons. The molecular weight excluding hydrogens is 344 g/mol. The first-order valence-electron chi connectivity index (χ1n) is 10.1. The first kappa shape index (κ1) is 19.7. The van der Waals surface area contributed by atoms with Gasteiger partial charge in [0.1, 0.15) is 5.52 Å². The summed E-state index contributed by atoms with van der Waals surface area (Å²) >= 11 is 0. The number of nitrogens with one attached hydrogen (secondary N) is 1. The molecular formula is C19H32N6O2. The minimum absolute atomic E-state index is 0.00586. The molecule has 0 aliphatic carbocycles. The van der Waals surface area contributed by atoms with Crippen LogP contribution < -0.4 is 16.2 Å². The Labute approximate surface area is 160 Å². The zero-order chi connectivity index (χ0) is 19.6. The number of hydrogen-bond donors (Lipinski definition) is 2. The lowest BCUT2D eigenvalue weighted by molar-refractivity contribution is 0.141. The van der Waals surface area contributed by atoms with Crippen molar-refractivity contribution in [3.63, 3.8) is 0 Å². The molecule has 2 aromatic rings. The summed E-state index contributed by atoms with van der Waals surface area (Å²) in [4.78, 5) is 26.5. The molecule has 0 aromatic carbocycles. The number of nitrogens with two attached hydrogens (primary N) is 1. The smallest absolute Gasteiger partial charge is 0.327 e. The molecule has 0 amide bonds. The predicted molar refractivity (Wildman–Crippen MR) is 107 cm³/mol. The lowest BCUT2D eigenvalue weighted by Crippen LogP contribution is -2.39. The number of H-pyrrole nitrogens is 1. The summed E-state index contributed by atoms with van der Waals surface area (Å²) in [5.74, 6) is 0.709. The van der Waals surface area contributed by atoms with Gasteiger partial charge in [-0.3, -0.25) is 4.57 Å². The van der Waals surface area contributed by atoms with Gasteiger partial charge in [-0.15, -0.1) is 0 Å². The molecule has 3 rings (SSSR count). The molecule has 0 spiro atoms. The number of aromatic amines is 1. The van der Waals surface area contributed by atoms with Crippen LogP contribution in [0.4, 0.5) is 5.82 Å². The highest BCUT2D eigenvalue weighted by molar-refractivity contribution is 5.81. The van der Waals surface area contributed by atoms with E-state index in [1.54, 1.807) is 4.57 Å². The quantitative estimate of drug-likeness (QED) is 0.769. The van der Waals surface area contributed by atoms with Crippen LogP contribution in [0, 0.1) is 5.92 Å². The molecule has 0 unspecified atom stereocenters. The third-order valence-electron chi connectivity index (χ3n) is 5.45. The van der Waals surface area contributed by atoms with E-state index in [4.69, 9.17) is 10.5 Å². The zero-order valence-corrected chi connectivity index (χ0v) is 16.9. The van der Waals surface area contributed by atoms with Crippen LogP contribution in [0.2, 0.25) is 0 Å². The lowest BCUT2D eigenvalue weighted by Gasteiger charge is -2.34. The molecule has 27 heavy (non-hydrogen) atoms. The summed E-state index contributed by atoms with van der Waals surface area (Å²) in [6, 6.07) is 0.808. The van der Waals surface area contributed by atoms with Crippen molar-refractivity contribution in [1.82, 2.24) is 24.4 Å². The van der Waals surface area contributed by atoms with Gasteiger partial charge in [-0.2, -0.15) is 9.97 Å². The lowest BCUT2D eigenvalue weighted by atomic mass is 9.96. The Morgan fingerprint density at radius 3 is 2.59 bits per heavy atom. The summed E-state index contributed by atoms with van der Waals surface area (Å²) in [5, 5.41) is 0. The molecule has 0 radical (unpaired) electrons. The monoisotopic (exact) mass is 376 g/mol. The van der Waals surface area contributed by atoms with Crippen molar-refractivity contribution >= 4 is 17.0 Å². The standard InChI is InChI=1S/C19H32N6O2/c1-5-6-13(4)27-18-22-16(20)15-17(23-18)25(19(26)21-15)11-14-7-9-24(10-8-14)12(2)3/h12-14H,5-11H2,1-4H3,(H,21,26)(H2,20,22,23)/t13-/m0/s1. The van der Waals surface area contributed by atoms with Gasteiger partial charge >= 0.3 is 11.7 Å². The number of nitrogens with zero attached hydrogens (tertiary/aromatic N) is 4. The fourth-order valence-electron chi connectivity index (χ4n) is 3.81. The van der Waals surface area contributed by atoms with Gasteiger partial charge in [0, 0.05) is 12.6 Å². The van der Waals surface area contributed by atoms with Crippen molar-refractivity contribution in [3.05, 3.63) is 10.5 Å². The van der Waals surface area contributed by atoms with E-state index in [0.29, 0.717) is 29.7 Å². The third-order valence-corrected chi connectivity index (χ3v) is 5.45. The van der Waals surface area contributed by atoms with Crippen molar-refractivity contribution in [3.8, 4) is 6.01 Å². The number of anilines is 1. The molecule has 8 heteroatoms. The maximum absolute atomic E-state index is 12.5. The van der Waals surface area contributed by atoms with E-state index in [0.717, 1.165) is 38.8 Å². The Morgan fingerprint density at radius 2 is 1.96 bits per heavy atom. The summed E-state index contributed by atoms with van der Waals surface area (Å²) in [7, 11) is 0. The van der Waals surface area contributed by atoms with Crippen LogP contribution in [0.1, 0.15) is 53.4 Å². The number of likely N-dealkylation sites (tertiary alicyclic amines) is 1. The second-order valence-corrected chi connectivity index (χ2v) is 7.92. The predicted octanol–water partition coefficient (Wildman–Crippen LogP) is 2.39. The van der Waals surface area contributed by atoms with E-state index in [1.807, 2.05) is 6.92 Å². The van der Waals surface area contributed by atoms with Gasteiger partial charge in [0.25, 0.3) is 0 Å². The number of fused-ring (bicyclic) bond motifs is 1. The van der Waals surface area contributed by atoms with Gasteiger partial charge in [0.2, 0.25) is 0 Å². The highest BCUT2D eigenvalue weighted by Gasteiger charge is 2.23. The van der Waals surface area contributed by atoms with Gasteiger partial charge in [-0.25, -0.2) is 4.79 Å². The number of imidazole rings is 1. The molecule has 2 aromatic heterocycles. The topological polar surface area (TPSA) is 102 Å². The molecule has 1 fully saturated rings. The van der Waals surface area contributed by atoms with Crippen LogP contribution >= 0.6 is 0 Å². The summed E-state index contributed by atoms with van der Waals surface area (Å²) < 4.78 is 7.50. The summed E-state index contributed by atoms with van der Waals surface area (Å²) in [6.07, 6.45) is 4.09. The largest absolute Gasteiger partial charge is 0.460 e. The van der Waals surface area contributed by atoms with Crippen molar-refractivity contribution in [2.24, 2.45) is 5.92 Å². The second kappa shape index (κ2) is 8.29. The van der Waals surface area contributed by atoms with Gasteiger partial charge < -0.3 is 20.4 Å². The average molecular weight is 377 g/mol. The molecule has 1 saturated heterocycles. The average Bonchev–Trinajstić information content (AvgIpc) is 2.92. The maximum Gasteiger partial charge on any atom is 0.327 e. The molecule has 0 saturated carbocycles. The van der Waals surface area contributed by atoms with E-state index < -0.39 is 0 Å². The van der Waals surface area contributed by atoms with Crippen molar-refractivity contribution < 1.29 is 4.74 Å². The third kappa shape index (κ3) is 4.43. The zero-order valence-electron chi connectivity index (χ0n) is 16.9. The van der Waals surface area contributed by atoms with Gasteiger partial charge in [0.15, 0.2) is 11.5 Å². The molecule has 0 bridgehead atoms. The number of ether oxygens (including phenoxy) is 1. The van der Waals surface area contributed by atoms with E-state index in [1.165, 1.54) is 0 Å². The number of nitrogen functional groups attached to an aromatic ring is 1. The van der Waals surface area contributed by atoms with E-state index in [-0.39, 0.29) is 23.6 Å². The summed E-state index contributed by atoms with van der Waals surface area (Å²) in [5.41, 5.74) is 6.90. The number of hydrogen-bond acceptors (Lipinski definition) is 6.